The predicted molar refractivity (Wildman–Crippen MR) is 178 cm³/mol. The summed E-state index contributed by atoms with van der Waals surface area (Å²) >= 11 is 0. The van der Waals surface area contributed by atoms with Gasteiger partial charge in [0.25, 0.3) is 0 Å². The second-order valence-corrected chi connectivity index (χ2v) is 16.7. The molecule has 6 rings (SSSR count). The van der Waals surface area contributed by atoms with Crippen LogP contribution in [0, 0.1) is 12.1 Å². The summed E-state index contributed by atoms with van der Waals surface area (Å²) in [6.45, 7) is 13.8. The molecular weight excluding hydrogens is 723 g/mol. The van der Waals surface area contributed by atoms with Crippen LogP contribution < -0.4 is 5.19 Å². The number of hydrogen-bond donors (Lipinski definition) is 0. The number of aryl methyl sites for hydroxylation is 1. The molecule has 0 atom stereocenters. The van der Waals surface area contributed by atoms with Crippen LogP contribution in [0.25, 0.3) is 44.6 Å². The molecule has 4 nitrogen and oxygen atoms in total. The Hall–Kier alpha value is -3.44. The molecule has 0 aliphatic rings. The molecule has 223 valence electrons. The van der Waals surface area contributed by atoms with E-state index in [1.807, 2.05) is 48.7 Å². The van der Waals surface area contributed by atoms with Crippen LogP contribution in [-0.2, 0) is 26.5 Å². The summed E-state index contributed by atoms with van der Waals surface area (Å²) in [6, 6.07) is 29.0. The molecular formula is C37H39IrN3OSi-2. The molecule has 0 unspecified atom stereocenters. The van der Waals surface area contributed by atoms with Gasteiger partial charge in [0.15, 0.2) is 0 Å². The van der Waals surface area contributed by atoms with Gasteiger partial charge in [0.2, 0.25) is 5.71 Å². The maximum atomic E-state index is 6.01. The number of hydrogen-bond acceptors (Lipinski definition) is 4. The first-order valence-corrected chi connectivity index (χ1v) is 18.4. The van der Waals surface area contributed by atoms with Crippen molar-refractivity contribution in [3.63, 3.8) is 0 Å². The molecule has 0 saturated carbocycles. The van der Waals surface area contributed by atoms with E-state index in [0.717, 1.165) is 58.1 Å². The van der Waals surface area contributed by atoms with Gasteiger partial charge in [0.1, 0.15) is 0 Å². The molecule has 0 saturated heterocycles. The molecule has 0 aliphatic carbocycles. The van der Waals surface area contributed by atoms with Crippen LogP contribution in [0.5, 0.6) is 0 Å². The molecule has 4 aromatic heterocycles. The van der Waals surface area contributed by atoms with Crippen molar-refractivity contribution in [3.05, 3.63) is 109 Å². The first-order valence-electron chi connectivity index (χ1n) is 14.9. The molecule has 0 fully saturated rings. The van der Waals surface area contributed by atoms with Crippen LogP contribution >= 0.6 is 0 Å². The number of nitrogens with zero attached hydrogens (tertiary/aromatic N) is 3. The van der Waals surface area contributed by atoms with E-state index in [2.05, 4.69) is 98.0 Å². The van der Waals surface area contributed by atoms with Gasteiger partial charge >= 0.3 is 0 Å². The summed E-state index contributed by atoms with van der Waals surface area (Å²) in [4.78, 5) is 13.5. The molecule has 2 aromatic carbocycles. The summed E-state index contributed by atoms with van der Waals surface area (Å²) in [5.41, 5.74) is 8.15. The molecule has 4 heterocycles. The van der Waals surface area contributed by atoms with Crippen molar-refractivity contribution in [2.24, 2.45) is 0 Å². The Morgan fingerprint density at radius 2 is 1.60 bits per heavy atom. The molecule has 6 aromatic rings. The van der Waals surface area contributed by atoms with Crippen molar-refractivity contribution in [1.82, 2.24) is 15.0 Å². The third-order valence-corrected chi connectivity index (χ3v) is 9.94. The quantitative estimate of drug-likeness (QED) is 0.120. The zero-order valence-electron chi connectivity index (χ0n) is 25.9. The second-order valence-electron chi connectivity index (χ2n) is 11.6. The Bertz CT molecular complexity index is 1790. The Balaban J connectivity index is 0.000000201. The number of fused-ring (bicyclic) bond motifs is 3. The van der Waals surface area contributed by atoms with Crippen molar-refractivity contribution in [2.45, 2.75) is 65.6 Å². The van der Waals surface area contributed by atoms with Gasteiger partial charge in [-0.25, -0.2) is 4.98 Å². The average Bonchev–Trinajstić information content (AvgIpc) is 3.41. The van der Waals surface area contributed by atoms with Crippen LogP contribution in [0.4, 0.5) is 0 Å². The monoisotopic (exact) mass is 762 g/mol. The zero-order valence-corrected chi connectivity index (χ0v) is 29.3. The first-order chi connectivity index (χ1) is 20.3. The molecule has 6 heteroatoms. The third-order valence-electron chi connectivity index (χ3n) is 7.87. The fourth-order valence-corrected chi connectivity index (χ4v) is 7.19. The third kappa shape index (κ3) is 7.21. The summed E-state index contributed by atoms with van der Waals surface area (Å²) < 4.78 is 6.01. The number of furan rings is 1. The molecule has 0 amide bonds. The van der Waals surface area contributed by atoms with Crippen LogP contribution in [0.1, 0.15) is 50.7 Å². The minimum absolute atomic E-state index is 0. The zero-order chi connectivity index (χ0) is 29.7. The Morgan fingerprint density at radius 1 is 0.791 bits per heavy atom. The van der Waals surface area contributed by atoms with Gasteiger partial charge in [-0.2, -0.15) is 0 Å². The van der Waals surface area contributed by atoms with Gasteiger partial charge in [0, 0.05) is 44.1 Å². The van der Waals surface area contributed by atoms with E-state index in [4.69, 9.17) is 4.42 Å². The molecule has 0 spiro atoms. The van der Waals surface area contributed by atoms with E-state index in [-0.39, 0.29) is 20.1 Å². The van der Waals surface area contributed by atoms with E-state index >= 15 is 0 Å². The number of aromatic nitrogens is 3. The maximum absolute atomic E-state index is 6.01. The van der Waals surface area contributed by atoms with Crippen LogP contribution in [-0.4, -0.2) is 23.0 Å². The van der Waals surface area contributed by atoms with Crippen LogP contribution in [0.3, 0.4) is 0 Å². The summed E-state index contributed by atoms with van der Waals surface area (Å²) in [6.07, 6.45) is 9.05. The van der Waals surface area contributed by atoms with Crippen molar-refractivity contribution in [3.8, 4) is 22.5 Å². The molecule has 0 bridgehead atoms. The Morgan fingerprint density at radius 3 is 2.30 bits per heavy atom. The minimum atomic E-state index is -1.30. The number of rotatable bonds is 7. The van der Waals surface area contributed by atoms with Gasteiger partial charge < -0.3 is 14.4 Å². The minimum Gasteiger partial charge on any atom is -0.486 e. The summed E-state index contributed by atoms with van der Waals surface area (Å²) in [5, 5.41) is 3.56. The summed E-state index contributed by atoms with van der Waals surface area (Å²) in [5.74, 6) is 0.559. The fraction of sp³-hybridized carbons (Fsp3) is 0.270. The smallest absolute Gasteiger partial charge is 0.216 e. The second kappa shape index (κ2) is 14.4. The van der Waals surface area contributed by atoms with E-state index < -0.39 is 8.07 Å². The standard InChI is InChI=1S/C21H19N2O.C16H20NSi.Ir/c1-3-14(4-2)15-10-12-22-19(13-15)18-8-5-7-16-17-9-6-11-23-21(17)24-20(16)18;1-5-13-11-15(14-9-7-6-8-10-14)17-12-16(13)18(2,3)4;/h5-7,9-14H,3-4H2,1-2H3;6-9,11-12H,5H2,1-4H3;/q2*-1;. The van der Waals surface area contributed by atoms with Crippen molar-refractivity contribution in [2.75, 3.05) is 0 Å². The van der Waals surface area contributed by atoms with Gasteiger partial charge in [-0.15, -0.1) is 54.1 Å². The fourth-order valence-electron chi connectivity index (χ4n) is 5.53. The van der Waals surface area contributed by atoms with E-state index in [0.29, 0.717) is 11.6 Å². The normalized spacial score (nSPS) is 11.3. The van der Waals surface area contributed by atoms with Gasteiger partial charge in [-0.05, 0) is 60.0 Å². The largest absolute Gasteiger partial charge is 0.486 e. The van der Waals surface area contributed by atoms with Gasteiger partial charge in [-0.3, -0.25) is 0 Å². The Kier molecular flexibility index (Phi) is 10.8. The topological polar surface area (TPSA) is 51.8 Å². The molecule has 0 N–H and O–H groups in total. The van der Waals surface area contributed by atoms with Crippen molar-refractivity contribution in [1.29, 1.82) is 0 Å². The predicted octanol–water partition coefficient (Wildman–Crippen LogP) is 9.40. The van der Waals surface area contributed by atoms with Gasteiger partial charge in [0.05, 0.1) is 13.7 Å². The maximum Gasteiger partial charge on any atom is 0.216 e. The molecule has 43 heavy (non-hydrogen) atoms. The number of benzene rings is 2. The molecule has 0 aliphatic heterocycles. The van der Waals surface area contributed by atoms with E-state index in [9.17, 15) is 0 Å². The van der Waals surface area contributed by atoms with Gasteiger partial charge in [-0.1, -0.05) is 74.6 Å². The SMILES string of the molecule is CCC(CC)c1ccnc(-c2[c-]ccc3c2oc2ncccc23)c1.CCc1cc(-c2[c-]cccc2)ncc1[Si](C)(C)C.[Ir]. The first kappa shape index (κ1) is 32.5. The van der Waals surface area contributed by atoms with Crippen molar-refractivity contribution >= 4 is 35.3 Å². The van der Waals surface area contributed by atoms with Crippen LogP contribution in [0.2, 0.25) is 19.6 Å². The van der Waals surface area contributed by atoms with Crippen LogP contribution in [0.15, 0.2) is 89.7 Å². The van der Waals surface area contributed by atoms with Crippen molar-refractivity contribution < 1.29 is 24.5 Å². The van der Waals surface area contributed by atoms with E-state index in [1.54, 1.807) is 6.20 Å². The molecule has 1 radical (unpaired) electrons. The average molecular weight is 762 g/mol. The Labute approximate surface area is 270 Å². The summed E-state index contributed by atoms with van der Waals surface area (Å²) in [7, 11) is -1.30. The van der Waals surface area contributed by atoms with E-state index in [1.165, 1.54) is 16.3 Å². The number of pyridine rings is 3.